The highest BCUT2D eigenvalue weighted by Crippen LogP contribution is 2.22. The van der Waals surface area contributed by atoms with Crippen molar-refractivity contribution in [3.8, 4) is 0 Å². The second-order valence-electron chi connectivity index (χ2n) is 6.63. The largest absolute Gasteiger partial charge is 0.378 e. The van der Waals surface area contributed by atoms with Crippen molar-refractivity contribution in [2.45, 2.75) is 0 Å². The maximum Gasteiger partial charge on any atom is 0.255 e. The summed E-state index contributed by atoms with van der Waals surface area (Å²) in [4.78, 5) is 19.1. The quantitative estimate of drug-likeness (QED) is 0.740. The fourth-order valence-corrected chi connectivity index (χ4v) is 3.89. The number of morpholine rings is 1. The van der Waals surface area contributed by atoms with Crippen molar-refractivity contribution in [2.24, 2.45) is 0 Å². The van der Waals surface area contributed by atoms with Crippen LogP contribution in [0.4, 0.5) is 11.5 Å². The lowest BCUT2D eigenvalue weighted by Crippen LogP contribution is -2.49. The van der Waals surface area contributed by atoms with E-state index in [1.165, 1.54) is 0 Å². The molecule has 2 fully saturated rings. The Morgan fingerprint density at radius 3 is 2.48 bits per heavy atom. The van der Waals surface area contributed by atoms with Crippen molar-refractivity contribution < 1.29 is 9.53 Å². The van der Waals surface area contributed by atoms with Crippen molar-refractivity contribution in [2.75, 3.05) is 62.3 Å². The van der Waals surface area contributed by atoms with Gasteiger partial charge in [0.1, 0.15) is 0 Å². The summed E-state index contributed by atoms with van der Waals surface area (Å²) in [5.41, 5.74) is 1.79. The van der Waals surface area contributed by atoms with E-state index in [4.69, 9.17) is 4.74 Å². The maximum absolute atomic E-state index is 12.8. The Labute approximate surface area is 167 Å². The van der Waals surface area contributed by atoms with Gasteiger partial charge in [-0.05, 0) is 28.1 Å². The first-order valence-corrected chi connectivity index (χ1v) is 9.96. The van der Waals surface area contributed by atoms with Gasteiger partial charge < -0.3 is 19.4 Å². The molecule has 27 heavy (non-hydrogen) atoms. The molecule has 0 bridgehead atoms. The number of ether oxygens (including phenoxy) is 1. The van der Waals surface area contributed by atoms with E-state index in [9.17, 15) is 4.79 Å². The van der Waals surface area contributed by atoms with Gasteiger partial charge in [0.15, 0.2) is 5.82 Å². The van der Waals surface area contributed by atoms with Crippen molar-refractivity contribution in [3.63, 3.8) is 0 Å². The fourth-order valence-electron chi connectivity index (χ4n) is 3.44. The Hall–Kier alpha value is -2.19. The number of piperazine rings is 1. The number of carbonyl (C=O) groups is 1. The van der Waals surface area contributed by atoms with E-state index >= 15 is 0 Å². The van der Waals surface area contributed by atoms with Gasteiger partial charge in [-0.1, -0.05) is 12.1 Å². The Balaban J connectivity index is 1.40. The van der Waals surface area contributed by atoms with Crippen LogP contribution in [0.15, 0.2) is 41.0 Å². The highest BCUT2D eigenvalue weighted by Gasteiger charge is 2.24. The Kier molecular flexibility index (Phi) is 5.54. The van der Waals surface area contributed by atoms with Crippen molar-refractivity contribution in [1.29, 1.82) is 0 Å². The minimum absolute atomic E-state index is 0.0651. The van der Waals surface area contributed by atoms with Gasteiger partial charge in [0.05, 0.1) is 30.7 Å². The van der Waals surface area contributed by atoms with Crippen LogP contribution in [0.25, 0.3) is 0 Å². The summed E-state index contributed by atoms with van der Waals surface area (Å²) in [5, 5.41) is 8.49. The summed E-state index contributed by atoms with van der Waals surface area (Å²) >= 11 is 3.47. The Bertz CT molecular complexity index is 804. The van der Waals surface area contributed by atoms with Gasteiger partial charge in [-0.15, -0.1) is 5.10 Å². The van der Waals surface area contributed by atoms with E-state index in [2.05, 4.69) is 42.0 Å². The molecule has 7 nitrogen and oxygen atoms in total. The number of nitrogens with zero attached hydrogens (tertiary/aromatic N) is 5. The fraction of sp³-hybridized carbons (Fsp3) is 0.421. The van der Waals surface area contributed by atoms with Gasteiger partial charge in [-0.25, -0.2) is 0 Å². The van der Waals surface area contributed by atoms with Gasteiger partial charge >= 0.3 is 0 Å². The molecule has 0 saturated carbocycles. The molecule has 0 spiro atoms. The number of rotatable bonds is 3. The number of carbonyl (C=O) groups excluding carboxylic acids is 1. The topological polar surface area (TPSA) is 61.8 Å². The molecule has 0 aliphatic carbocycles. The van der Waals surface area contributed by atoms with Crippen LogP contribution in [-0.2, 0) is 4.74 Å². The predicted molar refractivity (Wildman–Crippen MR) is 107 cm³/mol. The number of anilines is 2. The molecular weight excluding hydrogens is 410 g/mol. The highest BCUT2D eigenvalue weighted by molar-refractivity contribution is 9.10. The molecule has 1 aromatic heterocycles. The van der Waals surface area contributed by atoms with Crippen molar-refractivity contribution >= 4 is 33.3 Å². The van der Waals surface area contributed by atoms with Crippen LogP contribution in [0.2, 0.25) is 0 Å². The first-order valence-electron chi connectivity index (χ1n) is 9.16. The lowest BCUT2D eigenvalue weighted by atomic mass is 10.2. The van der Waals surface area contributed by atoms with E-state index in [0.29, 0.717) is 18.7 Å². The summed E-state index contributed by atoms with van der Waals surface area (Å²) in [6.07, 6.45) is 1.81. The summed E-state index contributed by atoms with van der Waals surface area (Å²) < 4.78 is 6.25. The minimum Gasteiger partial charge on any atom is -0.378 e. The third-order valence-electron chi connectivity index (χ3n) is 5.00. The van der Waals surface area contributed by atoms with Gasteiger partial charge in [0.2, 0.25) is 0 Å². The lowest BCUT2D eigenvalue weighted by Gasteiger charge is -2.36. The molecule has 1 amide bonds. The molecule has 0 N–H and O–H groups in total. The summed E-state index contributed by atoms with van der Waals surface area (Å²) in [5.74, 6) is 0.933. The molecule has 142 valence electrons. The first-order chi connectivity index (χ1) is 13.2. The van der Waals surface area contributed by atoms with Crippen LogP contribution in [0, 0.1) is 0 Å². The van der Waals surface area contributed by atoms with Gasteiger partial charge in [0, 0.05) is 49.8 Å². The predicted octanol–water partition coefficient (Wildman–Crippen LogP) is 2.04. The van der Waals surface area contributed by atoms with Crippen LogP contribution in [0.5, 0.6) is 0 Å². The SMILES string of the molecule is O=C(c1ccccc1Br)N1CCN(c2cc(N3CCOCC3)cnn2)CC1. The van der Waals surface area contributed by atoms with Crippen LogP contribution >= 0.6 is 15.9 Å². The van der Waals surface area contributed by atoms with Crippen LogP contribution in [-0.4, -0.2) is 73.5 Å². The molecule has 3 heterocycles. The number of amides is 1. The van der Waals surface area contributed by atoms with E-state index in [-0.39, 0.29) is 5.91 Å². The van der Waals surface area contributed by atoms with E-state index in [1.807, 2.05) is 35.4 Å². The van der Waals surface area contributed by atoms with Crippen LogP contribution in [0.1, 0.15) is 10.4 Å². The van der Waals surface area contributed by atoms with Crippen molar-refractivity contribution in [1.82, 2.24) is 15.1 Å². The molecule has 2 aliphatic rings. The Morgan fingerprint density at radius 1 is 1.00 bits per heavy atom. The third kappa shape index (κ3) is 4.06. The zero-order valence-electron chi connectivity index (χ0n) is 15.1. The van der Waals surface area contributed by atoms with Crippen LogP contribution in [0.3, 0.4) is 0 Å². The van der Waals surface area contributed by atoms with Gasteiger partial charge in [-0.2, -0.15) is 5.10 Å². The summed E-state index contributed by atoms with van der Waals surface area (Å²) in [7, 11) is 0. The van der Waals surface area contributed by atoms with Gasteiger partial charge in [0.25, 0.3) is 5.91 Å². The van der Waals surface area contributed by atoms with E-state index in [0.717, 1.165) is 55.4 Å². The summed E-state index contributed by atoms with van der Waals surface area (Å²) in [6, 6.07) is 9.65. The first kappa shape index (κ1) is 18.2. The molecule has 0 atom stereocenters. The average Bonchev–Trinajstić information content (AvgIpc) is 2.74. The average molecular weight is 432 g/mol. The Morgan fingerprint density at radius 2 is 1.74 bits per heavy atom. The zero-order chi connectivity index (χ0) is 18.6. The maximum atomic E-state index is 12.8. The molecule has 0 radical (unpaired) electrons. The molecule has 8 heteroatoms. The molecule has 0 unspecified atom stereocenters. The van der Waals surface area contributed by atoms with Gasteiger partial charge in [-0.3, -0.25) is 4.79 Å². The molecule has 1 aromatic carbocycles. The number of hydrogen-bond acceptors (Lipinski definition) is 6. The highest BCUT2D eigenvalue weighted by atomic mass is 79.9. The second-order valence-corrected chi connectivity index (χ2v) is 7.48. The minimum atomic E-state index is 0.0651. The molecule has 4 rings (SSSR count). The van der Waals surface area contributed by atoms with E-state index in [1.54, 1.807) is 0 Å². The number of hydrogen-bond donors (Lipinski definition) is 0. The second kappa shape index (κ2) is 8.22. The number of benzene rings is 1. The van der Waals surface area contributed by atoms with Crippen molar-refractivity contribution in [3.05, 3.63) is 46.6 Å². The third-order valence-corrected chi connectivity index (χ3v) is 5.69. The monoisotopic (exact) mass is 431 g/mol. The smallest absolute Gasteiger partial charge is 0.255 e. The number of halogens is 1. The lowest BCUT2D eigenvalue weighted by molar-refractivity contribution is 0.0745. The van der Waals surface area contributed by atoms with E-state index < -0.39 is 0 Å². The molecule has 2 saturated heterocycles. The van der Waals surface area contributed by atoms with Crippen LogP contribution < -0.4 is 9.80 Å². The number of aromatic nitrogens is 2. The normalized spacial score (nSPS) is 17.9. The zero-order valence-corrected chi connectivity index (χ0v) is 16.6. The standard InChI is InChI=1S/C19H22BrN5O2/c20-17-4-2-1-3-16(17)19(26)25-7-5-24(6-8-25)18-13-15(14-21-22-18)23-9-11-27-12-10-23/h1-4,13-14H,5-12H2. The molecule has 2 aliphatic heterocycles. The molecular formula is C19H22BrN5O2. The molecule has 2 aromatic rings. The summed E-state index contributed by atoms with van der Waals surface area (Å²) in [6.45, 7) is 6.07.